The second-order valence-corrected chi connectivity index (χ2v) is 4.60. The summed E-state index contributed by atoms with van der Waals surface area (Å²) in [4.78, 5) is 0. The molecule has 0 amide bonds. The summed E-state index contributed by atoms with van der Waals surface area (Å²) in [6.07, 6.45) is 0. The fraction of sp³-hybridized carbons (Fsp3) is 0. The van der Waals surface area contributed by atoms with Crippen LogP contribution in [0.1, 0.15) is 0 Å². The predicted octanol–water partition coefficient (Wildman–Crippen LogP) is 3.22. The van der Waals surface area contributed by atoms with Crippen molar-refractivity contribution in [1.29, 1.82) is 0 Å². The van der Waals surface area contributed by atoms with E-state index >= 15 is 0 Å². The van der Waals surface area contributed by atoms with Crippen LogP contribution in [0.4, 0.5) is 0 Å². The van der Waals surface area contributed by atoms with Gasteiger partial charge in [0.15, 0.2) is 0 Å². The minimum atomic E-state index is 0.318. The van der Waals surface area contributed by atoms with Gasteiger partial charge in [0.25, 0.3) is 0 Å². The molecule has 0 spiro atoms. The molecule has 0 aliphatic carbocycles. The zero-order chi connectivity index (χ0) is 13.1. The highest BCUT2D eigenvalue weighted by Crippen LogP contribution is 2.28. The third-order valence-electron chi connectivity index (χ3n) is 2.48. The van der Waals surface area contributed by atoms with Gasteiger partial charge in [-0.15, -0.1) is 0 Å². The van der Waals surface area contributed by atoms with Crippen molar-refractivity contribution < 1.29 is 4.74 Å². The first-order valence-electron chi connectivity index (χ1n) is 5.61. The van der Waals surface area contributed by atoms with Crippen LogP contribution in [0.25, 0.3) is 5.69 Å². The molecular weight excluding hydrogens is 308 g/mol. The van der Waals surface area contributed by atoms with Gasteiger partial charge in [-0.2, -0.15) is 4.68 Å². The summed E-state index contributed by atoms with van der Waals surface area (Å²) in [7, 11) is 0. The minimum absolute atomic E-state index is 0.318. The average molecular weight is 317 g/mol. The van der Waals surface area contributed by atoms with Gasteiger partial charge >= 0.3 is 6.01 Å². The number of para-hydroxylation sites is 2. The Hall–Kier alpha value is -2.21. The zero-order valence-electron chi connectivity index (χ0n) is 9.77. The molecule has 1 heterocycles. The summed E-state index contributed by atoms with van der Waals surface area (Å²) >= 11 is 3.42. The largest absolute Gasteiger partial charge is 0.422 e. The standard InChI is InChI=1S/C13H9BrN4O/c14-11-8-4-5-9-12(11)19-13-15-16-17-18(13)10-6-2-1-3-7-10/h1-9H. The third kappa shape index (κ3) is 2.48. The highest BCUT2D eigenvalue weighted by molar-refractivity contribution is 9.10. The summed E-state index contributed by atoms with van der Waals surface area (Å²) in [5.41, 5.74) is 0.842. The van der Waals surface area contributed by atoms with Crippen molar-refractivity contribution in [2.24, 2.45) is 0 Å². The summed E-state index contributed by atoms with van der Waals surface area (Å²) in [6.45, 7) is 0. The fourth-order valence-electron chi connectivity index (χ4n) is 1.60. The number of benzene rings is 2. The second-order valence-electron chi connectivity index (χ2n) is 3.74. The minimum Gasteiger partial charge on any atom is -0.422 e. The van der Waals surface area contributed by atoms with Crippen LogP contribution < -0.4 is 4.74 Å². The van der Waals surface area contributed by atoms with Gasteiger partial charge in [-0.25, -0.2) is 0 Å². The molecule has 0 saturated carbocycles. The Morgan fingerprint density at radius 1 is 0.947 bits per heavy atom. The van der Waals surface area contributed by atoms with Gasteiger partial charge in [-0.3, -0.25) is 0 Å². The van der Waals surface area contributed by atoms with Gasteiger partial charge in [0.1, 0.15) is 5.75 Å². The lowest BCUT2D eigenvalue weighted by Gasteiger charge is -2.07. The van der Waals surface area contributed by atoms with Crippen LogP contribution in [-0.2, 0) is 0 Å². The lowest BCUT2D eigenvalue weighted by Crippen LogP contribution is -2.00. The first-order valence-corrected chi connectivity index (χ1v) is 6.40. The highest BCUT2D eigenvalue weighted by Gasteiger charge is 2.11. The van der Waals surface area contributed by atoms with Crippen molar-refractivity contribution in [2.45, 2.75) is 0 Å². The Morgan fingerprint density at radius 2 is 1.68 bits per heavy atom. The molecular formula is C13H9BrN4O. The molecule has 0 aliphatic rings. The maximum atomic E-state index is 5.71. The van der Waals surface area contributed by atoms with E-state index in [1.807, 2.05) is 54.6 Å². The van der Waals surface area contributed by atoms with Crippen molar-refractivity contribution in [2.75, 3.05) is 0 Å². The first kappa shape index (κ1) is 11.9. The number of tetrazole rings is 1. The van der Waals surface area contributed by atoms with Crippen LogP contribution in [0, 0.1) is 0 Å². The van der Waals surface area contributed by atoms with Gasteiger partial charge in [0.05, 0.1) is 10.2 Å². The number of hydrogen-bond acceptors (Lipinski definition) is 4. The van der Waals surface area contributed by atoms with Gasteiger partial charge < -0.3 is 4.74 Å². The van der Waals surface area contributed by atoms with Crippen molar-refractivity contribution in [3.05, 3.63) is 59.1 Å². The molecule has 0 unspecified atom stereocenters. The lowest BCUT2D eigenvalue weighted by molar-refractivity contribution is 0.425. The van der Waals surface area contributed by atoms with E-state index < -0.39 is 0 Å². The number of nitrogens with zero attached hydrogens (tertiary/aromatic N) is 4. The molecule has 3 rings (SSSR count). The molecule has 0 bridgehead atoms. The van der Waals surface area contributed by atoms with Crippen LogP contribution >= 0.6 is 15.9 Å². The van der Waals surface area contributed by atoms with Crippen LogP contribution in [-0.4, -0.2) is 20.2 Å². The van der Waals surface area contributed by atoms with E-state index in [0.717, 1.165) is 10.2 Å². The van der Waals surface area contributed by atoms with Crippen LogP contribution in [0.15, 0.2) is 59.1 Å². The highest BCUT2D eigenvalue weighted by atomic mass is 79.9. The molecule has 2 aromatic carbocycles. The summed E-state index contributed by atoms with van der Waals surface area (Å²) in [5, 5.41) is 11.5. The van der Waals surface area contributed by atoms with E-state index in [2.05, 4.69) is 31.5 Å². The van der Waals surface area contributed by atoms with Gasteiger partial charge in [-0.1, -0.05) is 35.4 Å². The Morgan fingerprint density at radius 3 is 2.47 bits per heavy atom. The summed E-state index contributed by atoms with van der Waals surface area (Å²) in [6, 6.07) is 17.4. The number of hydrogen-bond donors (Lipinski definition) is 0. The molecule has 0 atom stereocenters. The summed E-state index contributed by atoms with van der Waals surface area (Å²) < 4.78 is 8.10. The Labute approximate surface area is 118 Å². The predicted molar refractivity (Wildman–Crippen MR) is 73.4 cm³/mol. The number of aromatic nitrogens is 4. The van der Waals surface area contributed by atoms with Gasteiger partial charge in [-0.05, 0) is 50.6 Å². The van der Waals surface area contributed by atoms with E-state index in [1.54, 1.807) is 4.68 Å². The van der Waals surface area contributed by atoms with Crippen LogP contribution in [0.5, 0.6) is 11.8 Å². The van der Waals surface area contributed by atoms with Crippen molar-refractivity contribution >= 4 is 15.9 Å². The maximum absolute atomic E-state index is 5.71. The Balaban J connectivity index is 1.96. The second kappa shape index (κ2) is 5.19. The topological polar surface area (TPSA) is 52.8 Å². The van der Waals surface area contributed by atoms with E-state index in [9.17, 15) is 0 Å². The normalized spacial score (nSPS) is 10.4. The molecule has 0 radical (unpaired) electrons. The number of ether oxygens (including phenoxy) is 1. The van der Waals surface area contributed by atoms with Crippen molar-refractivity contribution in [3.8, 4) is 17.4 Å². The average Bonchev–Trinajstić information content (AvgIpc) is 2.91. The van der Waals surface area contributed by atoms with Crippen molar-refractivity contribution in [1.82, 2.24) is 20.2 Å². The molecule has 19 heavy (non-hydrogen) atoms. The van der Waals surface area contributed by atoms with E-state index in [1.165, 1.54) is 0 Å². The quantitative estimate of drug-likeness (QED) is 0.744. The van der Waals surface area contributed by atoms with E-state index in [-0.39, 0.29) is 0 Å². The van der Waals surface area contributed by atoms with Crippen molar-refractivity contribution in [3.63, 3.8) is 0 Å². The molecule has 3 aromatic rings. The van der Waals surface area contributed by atoms with Crippen LogP contribution in [0.2, 0.25) is 0 Å². The summed E-state index contributed by atoms with van der Waals surface area (Å²) in [5.74, 6) is 0.662. The molecule has 0 N–H and O–H groups in total. The monoisotopic (exact) mass is 316 g/mol. The van der Waals surface area contributed by atoms with E-state index in [0.29, 0.717) is 11.8 Å². The Kier molecular flexibility index (Phi) is 3.24. The maximum Gasteiger partial charge on any atom is 0.345 e. The fourth-order valence-corrected chi connectivity index (χ4v) is 1.97. The third-order valence-corrected chi connectivity index (χ3v) is 3.13. The van der Waals surface area contributed by atoms with E-state index in [4.69, 9.17) is 4.74 Å². The molecule has 94 valence electrons. The lowest BCUT2D eigenvalue weighted by atomic mass is 10.3. The molecule has 1 aromatic heterocycles. The zero-order valence-corrected chi connectivity index (χ0v) is 11.4. The molecule has 0 aliphatic heterocycles. The first-order chi connectivity index (χ1) is 9.34. The van der Waals surface area contributed by atoms with Crippen LogP contribution in [0.3, 0.4) is 0 Å². The number of rotatable bonds is 3. The van der Waals surface area contributed by atoms with Gasteiger partial charge in [0, 0.05) is 0 Å². The SMILES string of the molecule is Brc1ccccc1Oc1nnnn1-c1ccccc1. The Bertz CT molecular complexity index is 684. The number of halogens is 1. The van der Waals surface area contributed by atoms with Gasteiger partial charge in [0.2, 0.25) is 0 Å². The molecule has 5 nitrogen and oxygen atoms in total. The smallest absolute Gasteiger partial charge is 0.345 e. The molecule has 6 heteroatoms. The molecule has 0 saturated heterocycles. The molecule has 0 fully saturated rings.